The summed E-state index contributed by atoms with van der Waals surface area (Å²) in [4.78, 5) is 11.7. The highest BCUT2D eigenvalue weighted by Gasteiger charge is 2.23. The summed E-state index contributed by atoms with van der Waals surface area (Å²) in [6.45, 7) is 7.58. The van der Waals surface area contributed by atoms with Crippen LogP contribution in [0.15, 0.2) is 0 Å². The van der Waals surface area contributed by atoms with Crippen molar-refractivity contribution in [2.45, 2.75) is 71.8 Å². The average Bonchev–Trinajstić information content (AvgIpc) is 2.68. The Kier molecular flexibility index (Phi) is 5.21. The molecule has 0 spiro atoms. The van der Waals surface area contributed by atoms with Crippen molar-refractivity contribution in [2.24, 2.45) is 0 Å². The number of anilines is 2. The van der Waals surface area contributed by atoms with Crippen molar-refractivity contribution in [3.63, 3.8) is 0 Å². The van der Waals surface area contributed by atoms with Gasteiger partial charge in [-0.15, -0.1) is 0 Å². The predicted molar refractivity (Wildman–Crippen MR) is 85.1 cm³/mol. The fourth-order valence-corrected chi connectivity index (χ4v) is 3.06. The molecule has 0 saturated carbocycles. The molecule has 2 heterocycles. The van der Waals surface area contributed by atoms with Crippen LogP contribution in [0.4, 0.5) is 11.6 Å². The van der Waals surface area contributed by atoms with E-state index >= 15 is 0 Å². The lowest BCUT2D eigenvalue weighted by molar-refractivity contribution is 0.550. The summed E-state index contributed by atoms with van der Waals surface area (Å²) in [5.41, 5.74) is 7.15. The Morgan fingerprint density at radius 2 is 2.00 bits per heavy atom. The van der Waals surface area contributed by atoms with Crippen molar-refractivity contribution >= 4 is 11.6 Å². The van der Waals surface area contributed by atoms with Gasteiger partial charge in [0, 0.05) is 24.6 Å². The van der Waals surface area contributed by atoms with E-state index in [0.29, 0.717) is 11.9 Å². The molecule has 1 unspecified atom stereocenters. The van der Waals surface area contributed by atoms with Crippen molar-refractivity contribution in [2.75, 3.05) is 17.2 Å². The van der Waals surface area contributed by atoms with Crippen LogP contribution in [-0.4, -0.2) is 22.6 Å². The molecule has 1 aromatic heterocycles. The minimum absolute atomic E-state index is 0.597. The monoisotopic (exact) mass is 276 g/mol. The van der Waals surface area contributed by atoms with Gasteiger partial charge in [0.2, 0.25) is 0 Å². The first-order valence-corrected chi connectivity index (χ1v) is 8.07. The van der Waals surface area contributed by atoms with Crippen LogP contribution in [-0.2, 0) is 6.42 Å². The van der Waals surface area contributed by atoms with E-state index in [1.165, 1.54) is 32.1 Å². The third kappa shape index (κ3) is 3.22. The van der Waals surface area contributed by atoms with Gasteiger partial charge in [0.15, 0.2) is 0 Å². The molecule has 1 aliphatic heterocycles. The maximum Gasteiger partial charge on any atom is 0.137 e. The zero-order chi connectivity index (χ0) is 14.5. The van der Waals surface area contributed by atoms with E-state index in [-0.39, 0.29) is 0 Å². The summed E-state index contributed by atoms with van der Waals surface area (Å²) in [5.74, 6) is 2.62. The Bertz CT molecular complexity index is 444. The quantitative estimate of drug-likeness (QED) is 0.914. The second-order valence-corrected chi connectivity index (χ2v) is 5.83. The molecule has 112 valence electrons. The maximum atomic E-state index is 6.11. The van der Waals surface area contributed by atoms with E-state index in [9.17, 15) is 0 Å². The fraction of sp³-hybridized carbons (Fsp3) is 0.750. The molecular formula is C16H28N4. The van der Waals surface area contributed by atoms with E-state index in [0.717, 1.165) is 36.6 Å². The third-order valence-corrected chi connectivity index (χ3v) is 4.30. The Labute approximate surface area is 122 Å². The molecule has 1 atom stereocenters. The Hall–Kier alpha value is -1.32. The molecule has 2 rings (SSSR count). The van der Waals surface area contributed by atoms with Crippen molar-refractivity contribution in [1.82, 2.24) is 9.97 Å². The Morgan fingerprint density at radius 3 is 2.70 bits per heavy atom. The van der Waals surface area contributed by atoms with Gasteiger partial charge in [-0.1, -0.05) is 26.7 Å². The summed E-state index contributed by atoms with van der Waals surface area (Å²) in [6, 6.07) is 0.597. The van der Waals surface area contributed by atoms with E-state index in [1.54, 1.807) is 0 Å². The molecule has 1 aromatic rings. The molecule has 0 bridgehead atoms. The summed E-state index contributed by atoms with van der Waals surface area (Å²) in [6.07, 6.45) is 8.31. The smallest absolute Gasteiger partial charge is 0.137 e. The van der Waals surface area contributed by atoms with Crippen LogP contribution < -0.4 is 10.6 Å². The van der Waals surface area contributed by atoms with Crippen LogP contribution >= 0.6 is 0 Å². The van der Waals surface area contributed by atoms with Gasteiger partial charge in [0.05, 0.1) is 0 Å². The molecule has 2 N–H and O–H groups in total. The molecule has 0 radical (unpaired) electrons. The number of hydrogen-bond donors (Lipinski definition) is 1. The molecule has 0 aromatic carbocycles. The lowest BCUT2D eigenvalue weighted by Crippen LogP contribution is -2.36. The SMILES string of the molecule is CCCc1nc(N)c(C)c(N2CCCCCC2CC)n1. The molecule has 4 heteroatoms. The summed E-state index contributed by atoms with van der Waals surface area (Å²) < 4.78 is 0. The van der Waals surface area contributed by atoms with E-state index in [2.05, 4.69) is 30.7 Å². The van der Waals surface area contributed by atoms with E-state index in [4.69, 9.17) is 10.7 Å². The summed E-state index contributed by atoms with van der Waals surface area (Å²) in [7, 11) is 0. The molecule has 1 aliphatic rings. The number of nitrogen functional groups attached to an aromatic ring is 1. The van der Waals surface area contributed by atoms with Crippen LogP contribution in [0.25, 0.3) is 0 Å². The number of nitrogens with zero attached hydrogens (tertiary/aromatic N) is 3. The first-order valence-electron chi connectivity index (χ1n) is 8.07. The fourth-order valence-electron chi connectivity index (χ4n) is 3.06. The van der Waals surface area contributed by atoms with Gasteiger partial charge in [-0.2, -0.15) is 0 Å². The van der Waals surface area contributed by atoms with Crippen molar-refractivity contribution in [3.05, 3.63) is 11.4 Å². The molecule has 20 heavy (non-hydrogen) atoms. The zero-order valence-electron chi connectivity index (χ0n) is 13.2. The Morgan fingerprint density at radius 1 is 1.20 bits per heavy atom. The molecular weight excluding hydrogens is 248 g/mol. The number of aryl methyl sites for hydroxylation is 1. The number of aromatic nitrogens is 2. The average molecular weight is 276 g/mol. The second-order valence-electron chi connectivity index (χ2n) is 5.83. The standard InChI is InChI=1S/C16H28N4/c1-4-9-14-18-15(17)12(3)16(19-14)20-11-8-6-7-10-13(20)5-2/h13H,4-11H2,1-3H3,(H2,17,18,19). The third-order valence-electron chi connectivity index (χ3n) is 4.30. The van der Waals surface area contributed by atoms with Crippen LogP contribution in [0.5, 0.6) is 0 Å². The largest absolute Gasteiger partial charge is 0.383 e. The maximum absolute atomic E-state index is 6.11. The van der Waals surface area contributed by atoms with Crippen LogP contribution in [0.2, 0.25) is 0 Å². The normalized spacial score (nSPS) is 19.9. The van der Waals surface area contributed by atoms with Crippen LogP contribution in [0.3, 0.4) is 0 Å². The van der Waals surface area contributed by atoms with Crippen molar-refractivity contribution < 1.29 is 0 Å². The first-order chi connectivity index (χ1) is 9.67. The first kappa shape index (κ1) is 15.1. The number of hydrogen-bond acceptors (Lipinski definition) is 4. The Balaban J connectivity index is 2.37. The van der Waals surface area contributed by atoms with Crippen molar-refractivity contribution in [1.29, 1.82) is 0 Å². The highest BCUT2D eigenvalue weighted by atomic mass is 15.2. The number of rotatable bonds is 4. The molecule has 0 amide bonds. The van der Waals surface area contributed by atoms with E-state index < -0.39 is 0 Å². The summed E-state index contributed by atoms with van der Waals surface area (Å²) in [5, 5.41) is 0. The molecule has 1 saturated heterocycles. The lowest BCUT2D eigenvalue weighted by atomic mass is 10.1. The van der Waals surface area contributed by atoms with Gasteiger partial charge >= 0.3 is 0 Å². The topological polar surface area (TPSA) is 55.0 Å². The van der Waals surface area contributed by atoms with Gasteiger partial charge < -0.3 is 10.6 Å². The van der Waals surface area contributed by atoms with Crippen molar-refractivity contribution in [3.8, 4) is 0 Å². The highest BCUT2D eigenvalue weighted by molar-refractivity contribution is 5.57. The van der Waals surface area contributed by atoms with Gasteiger partial charge in [0.1, 0.15) is 17.5 Å². The molecule has 0 aliphatic carbocycles. The van der Waals surface area contributed by atoms with E-state index in [1.807, 2.05) is 0 Å². The highest BCUT2D eigenvalue weighted by Crippen LogP contribution is 2.29. The zero-order valence-corrected chi connectivity index (χ0v) is 13.2. The minimum Gasteiger partial charge on any atom is -0.383 e. The second kappa shape index (κ2) is 6.91. The van der Waals surface area contributed by atoms with Gasteiger partial charge in [-0.05, 0) is 32.6 Å². The molecule has 1 fully saturated rings. The minimum atomic E-state index is 0.597. The van der Waals surface area contributed by atoms with Gasteiger partial charge in [0.25, 0.3) is 0 Å². The number of nitrogens with two attached hydrogens (primary N) is 1. The van der Waals surface area contributed by atoms with Gasteiger partial charge in [-0.3, -0.25) is 0 Å². The predicted octanol–water partition coefficient (Wildman–Crippen LogP) is 3.48. The van der Waals surface area contributed by atoms with Gasteiger partial charge in [-0.25, -0.2) is 9.97 Å². The molecule has 4 nitrogen and oxygen atoms in total. The lowest BCUT2D eigenvalue weighted by Gasteiger charge is -2.32. The van der Waals surface area contributed by atoms with Crippen LogP contribution in [0, 0.1) is 6.92 Å². The van der Waals surface area contributed by atoms with Crippen LogP contribution in [0.1, 0.15) is 63.8 Å². The summed E-state index contributed by atoms with van der Waals surface area (Å²) >= 11 is 0.